The molecule has 0 bridgehead atoms. The van der Waals surface area contributed by atoms with Gasteiger partial charge in [0.2, 0.25) is 5.91 Å². The second-order valence-electron chi connectivity index (χ2n) is 5.34. The van der Waals surface area contributed by atoms with Gasteiger partial charge in [-0.05, 0) is 44.0 Å². The van der Waals surface area contributed by atoms with Gasteiger partial charge < -0.3 is 20.1 Å². The smallest absolute Gasteiger partial charge is 0.248 e. The summed E-state index contributed by atoms with van der Waals surface area (Å²) < 4.78 is 10.8. The van der Waals surface area contributed by atoms with E-state index in [9.17, 15) is 4.79 Å². The fraction of sp³-hybridized carbons (Fsp3) is 0.562. The van der Waals surface area contributed by atoms with Gasteiger partial charge >= 0.3 is 0 Å². The number of hydrogen-bond donors (Lipinski definition) is 2. The molecule has 0 radical (unpaired) electrons. The summed E-state index contributed by atoms with van der Waals surface area (Å²) in [6.07, 6.45) is 1.85. The molecule has 2 rings (SSSR count). The van der Waals surface area contributed by atoms with Crippen LogP contribution >= 0.6 is 0 Å². The molecule has 2 N–H and O–H groups in total. The zero-order chi connectivity index (χ0) is 15.1. The Hall–Kier alpha value is -1.59. The molecular formula is C16H24N2O3. The van der Waals surface area contributed by atoms with E-state index in [2.05, 4.69) is 10.6 Å². The first kappa shape index (κ1) is 15.8. The molecule has 1 heterocycles. The summed E-state index contributed by atoms with van der Waals surface area (Å²) in [7, 11) is 1.63. The van der Waals surface area contributed by atoms with E-state index in [1.807, 2.05) is 24.3 Å². The zero-order valence-corrected chi connectivity index (χ0v) is 12.7. The number of hydrogen-bond acceptors (Lipinski definition) is 4. The summed E-state index contributed by atoms with van der Waals surface area (Å²) in [6.45, 7) is 3.89. The Bertz CT molecular complexity index is 459. The minimum Gasteiger partial charge on any atom is -0.497 e. The summed E-state index contributed by atoms with van der Waals surface area (Å²) >= 11 is 0. The molecule has 0 spiro atoms. The van der Waals surface area contributed by atoms with Crippen molar-refractivity contribution < 1.29 is 14.3 Å². The molecule has 1 saturated heterocycles. The second-order valence-corrected chi connectivity index (χ2v) is 5.34. The zero-order valence-electron chi connectivity index (χ0n) is 12.7. The third kappa shape index (κ3) is 5.02. The van der Waals surface area contributed by atoms with Gasteiger partial charge in [0.1, 0.15) is 11.9 Å². The van der Waals surface area contributed by atoms with Crippen molar-refractivity contribution in [2.75, 3.05) is 20.2 Å². The standard InChI is InChI=1S/C16H24N2O3/c1-12(16(19)18-10-14-6-4-8-17-14)21-11-13-5-3-7-15(9-13)20-2/h3,5,7,9,12,14,17H,4,6,8,10-11H2,1-2H3,(H,18,19). The van der Waals surface area contributed by atoms with E-state index in [4.69, 9.17) is 9.47 Å². The average Bonchev–Trinajstić information content (AvgIpc) is 3.03. The molecule has 0 aliphatic carbocycles. The van der Waals surface area contributed by atoms with Gasteiger partial charge in [-0.3, -0.25) is 4.79 Å². The largest absolute Gasteiger partial charge is 0.497 e. The van der Waals surface area contributed by atoms with Crippen LogP contribution in [-0.4, -0.2) is 38.3 Å². The van der Waals surface area contributed by atoms with Crippen LogP contribution in [0, 0.1) is 0 Å². The van der Waals surface area contributed by atoms with Gasteiger partial charge in [-0.15, -0.1) is 0 Å². The molecule has 2 unspecified atom stereocenters. The van der Waals surface area contributed by atoms with E-state index >= 15 is 0 Å². The van der Waals surface area contributed by atoms with Gasteiger partial charge in [0.15, 0.2) is 0 Å². The lowest BCUT2D eigenvalue weighted by molar-refractivity contribution is -0.132. The van der Waals surface area contributed by atoms with Crippen molar-refractivity contribution in [2.45, 2.75) is 38.5 Å². The Morgan fingerprint density at radius 3 is 3.10 bits per heavy atom. The van der Waals surface area contributed by atoms with Crippen molar-refractivity contribution >= 4 is 5.91 Å². The molecule has 1 aliphatic heterocycles. The number of methoxy groups -OCH3 is 1. The molecule has 21 heavy (non-hydrogen) atoms. The van der Waals surface area contributed by atoms with E-state index < -0.39 is 6.10 Å². The van der Waals surface area contributed by atoms with Crippen LogP contribution in [0.15, 0.2) is 24.3 Å². The van der Waals surface area contributed by atoms with E-state index in [0.29, 0.717) is 19.2 Å². The summed E-state index contributed by atoms with van der Waals surface area (Å²) in [6, 6.07) is 8.06. The first-order valence-electron chi connectivity index (χ1n) is 7.44. The lowest BCUT2D eigenvalue weighted by Crippen LogP contribution is -2.41. The van der Waals surface area contributed by atoms with Gasteiger partial charge in [-0.2, -0.15) is 0 Å². The number of benzene rings is 1. The minimum atomic E-state index is -0.461. The van der Waals surface area contributed by atoms with Crippen LogP contribution in [0.3, 0.4) is 0 Å². The summed E-state index contributed by atoms with van der Waals surface area (Å²) in [5.41, 5.74) is 0.992. The fourth-order valence-corrected chi connectivity index (χ4v) is 2.36. The van der Waals surface area contributed by atoms with Crippen molar-refractivity contribution in [3.8, 4) is 5.75 Å². The van der Waals surface area contributed by atoms with Crippen LogP contribution in [0.4, 0.5) is 0 Å². The number of carbonyl (C=O) groups is 1. The third-order valence-corrected chi connectivity index (χ3v) is 3.69. The number of ether oxygens (including phenoxy) is 2. The Labute approximate surface area is 126 Å². The predicted molar refractivity (Wildman–Crippen MR) is 81.3 cm³/mol. The van der Waals surface area contributed by atoms with Crippen molar-refractivity contribution in [1.29, 1.82) is 0 Å². The molecule has 0 saturated carbocycles. The Morgan fingerprint density at radius 2 is 2.38 bits per heavy atom. The molecule has 1 fully saturated rings. The van der Waals surface area contributed by atoms with Crippen LogP contribution in [-0.2, 0) is 16.1 Å². The van der Waals surface area contributed by atoms with E-state index in [1.54, 1.807) is 14.0 Å². The van der Waals surface area contributed by atoms with E-state index in [1.165, 1.54) is 6.42 Å². The number of nitrogens with one attached hydrogen (secondary N) is 2. The molecule has 5 nitrogen and oxygen atoms in total. The minimum absolute atomic E-state index is 0.0633. The van der Waals surface area contributed by atoms with Crippen LogP contribution in [0.25, 0.3) is 0 Å². The molecule has 5 heteroatoms. The van der Waals surface area contributed by atoms with Crippen molar-refractivity contribution in [3.63, 3.8) is 0 Å². The first-order valence-corrected chi connectivity index (χ1v) is 7.44. The first-order chi connectivity index (χ1) is 10.2. The monoisotopic (exact) mass is 292 g/mol. The average molecular weight is 292 g/mol. The highest BCUT2D eigenvalue weighted by atomic mass is 16.5. The maximum absolute atomic E-state index is 12.0. The topological polar surface area (TPSA) is 59.6 Å². The van der Waals surface area contributed by atoms with Crippen LogP contribution < -0.4 is 15.4 Å². The maximum atomic E-state index is 12.0. The van der Waals surface area contributed by atoms with E-state index in [-0.39, 0.29) is 5.91 Å². The summed E-state index contributed by atoms with van der Waals surface area (Å²) in [5.74, 6) is 0.729. The Morgan fingerprint density at radius 1 is 1.52 bits per heavy atom. The number of amides is 1. The molecule has 1 aromatic carbocycles. The molecule has 2 atom stereocenters. The normalized spacial score (nSPS) is 19.2. The van der Waals surface area contributed by atoms with Gasteiger partial charge in [0, 0.05) is 12.6 Å². The van der Waals surface area contributed by atoms with Gasteiger partial charge in [-0.1, -0.05) is 12.1 Å². The highest BCUT2D eigenvalue weighted by Gasteiger charge is 2.18. The third-order valence-electron chi connectivity index (χ3n) is 3.69. The Balaban J connectivity index is 1.72. The van der Waals surface area contributed by atoms with E-state index in [0.717, 1.165) is 24.3 Å². The molecule has 116 valence electrons. The lowest BCUT2D eigenvalue weighted by Gasteiger charge is -2.16. The van der Waals surface area contributed by atoms with Crippen molar-refractivity contribution in [2.24, 2.45) is 0 Å². The SMILES string of the molecule is COc1cccc(COC(C)C(=O)NCC2CCCN2)c1. The molecule has 0 aromatic heterocycles. The highest BCUT2D eigenvalue weighted by Crippen LogP contribution is 2.14. The Kier molecular flexibility index (Phi) is 6.02. The molecular weight excluding hydrogens is 268 g/mol. The fourth-order valence-electron chi connectivity index (χ4n) is 2.36. The molecule has 1 aliphatic rings. The number of carbonyl (C=O) groups excluding carboxylic acids is 1. The number of rotatable bonds is 7. The maximum Gasteiger partial charge on any atom is 0.248 e. The van der Waals surface area contributed by atoms with Crippen LogP contribution in [0.5, 0.6) is 5.75 Å². The summed E-state index contributed by atoms with van der Waals surface area (Å²) in [4.78, 5) is 12.0. The predicted octanol–water partition coefficient (Wildman–Crippen LogP) is 1.47. The second kappa shape index (κ2) is 8.00. The van der Waals surface area contributed by atoms with Crippen molar-refractivity contribution in [3.05, 3.63) is 29.8 Å². The van der Waals surface area contributed by atoms with Gasteiger partial charge in [0.05, 0.1) is 13.7 Å². The quantitative estimate of drug-likeness (QED) is 0.799. The van der Waals surface area contributed by atoms with Crippen molar-refractivity contribution in [1.82, 2.24) is 10.6 Å². The van der Waals surface area contributed by atoms with Crippen LogP contribution in [0.1, 0.15) is 25.3 Å². The highest BCUT2D eigenvalue weighted by molar-refractivity contribution is 5.80. The molecule has 1 amide bonds. The van der Waals surface area contributed by atoms with Crippen LogP contribution in [0.2, 0.25) is 0 Å². The molecule has 1 aromatic rings. The van der Waals surface area contributed by atoms with Gasteiger partial charge in [0.25, 0.3) is 0 Å². The lowest BCUT2D eigenvalue weighted by atomic mass is 10.2. The summed E-state index contributed by atoms with van der Waals surface area (Å²) in [5, 5.41) is 6.28. The van der Waals surface area contributed by atoms with Gasteiger partial charge in [-0.25, -0.2) is 0 Å².